The topological polar surface area (TPSA) is 32.3 Å². The first-order chi connectivity index (χ1) is 9.72. The number of benzene rings is 1. The summed E-state index contributed by atoms with van der Waals surface area (Å²) in [5, 5.41) is 3.60. The maximum Gasteiger partial charge on any atom is 0.137 e. The first-order valence-electron chi connectivity index (χ1n) is 7.46. The summed E-state index contributed by atoms with van der Waals surface area (Å²) in [4.78, 5) is 13.6. The molecular weight excluding hydrogens is 316 g/mol. The van der Waals surface area contributed by atoms with Crippen molar-refractivity contribution in [2.75, 3.05) is 13.1 Å². The zero-order chi connectivity index (χ0) is 14.1. The first-order valence-corrected chi connectivity index (χ1v) is 8.26. The predicted molar refractivity (Wildman–Crippen MR) is 83.8 cm³/mol. The maximum atomic E-state index is 11.3. The van der Waals surface area contributed by atoms with Crippen LogP contribution in [0.3, 0.4) is 0 Å². The standard InChI is InChI=1S/C16H21BrN2O/c1-2-19-9-15-11(7-13(19)10-20)6-12(17)8-14(15)16-4-3-5-18-16/h6,8,10,13,16,18H,2-5,7,9H2,1H3/t13-,16?/m0/s1. The molecule has 108 valence electrons. The van der Waals surface area contributed by atoms with Gasteiger partial charge >= 0.3 is 0 Å². The van der Waals surface area contributed by atoms with Crippen molar-refractivity contribution in [2.24, 2.45) is 0 Å². The third kappa shape index (κ3) is 2.57. The zero-order valence-corrected chi connectivity index (χ0v) is 13.4. The summed E-state index contributed by atoms with van der Waals surface area (Å²) in [5.74, 6) is 0. The second-order valence-electron chi connectivity index (χ2n) is 5.75. The van der Waals surface area contributed by atoms with Gasteiger partial charge in [-0.2, -0.15) is 0 Å². The zero-order valence-electron chi connectivity index (χ0n) is 11.9. The van der Waals surface area contributed by atoms with Crippen LogP contribution in [-0.4, -0.2) is 30.3 Å². The van der Waals surface area contributed by atoms with Crippen molar-refractivity contribution in [3.63, 3.8) is 0 Å². The van der Waals surface area contributed by atoms with Crippen LogP contribution in [0.5, 0.6) is 0 Å². The second-order valence-corrected chi connectivity index (χ2v) is 6.67. The Morgan fingerprint density at radius 1 is 1.50 bits per heavy atom. The summed E-state index contributed by atoms with van der Waals surface area (Å²) < 4.78 is 1.13. The molecule has 3 rings (SSSR count). The van der Waals surface area contributed by atoms with Crippen LogP contribution in [0.4, 0.5) is 0 Å². The van der Waals surface area contributed by atoms with Gasteiger partial charge < -0.3 is 10.1 Å². The highest BCUT2D eigenvalue weighted by atomic mass is 79.9. The average Bonchev–Trinajstić information content (AvgIpc) is 2.98. The fourth-order valence-corrected chi connectivity index (χ4v) is 4.03. The highest BCUT2D eigenvalue weighted by Gasteiger charge is 2.29. The molecule has 1 unspecified atom stereocenters. The summed E-state index contributed by atoms with van der Waals surface area (Å²) >= 11 is 3.63. The fraction of sp³-hybridized carbons (Fsp3) is 0.562. The summed E-state index contributed by atoms with van der Waals surface area (Å²) in [7, 11) is 0. The van der Waals surface area contributed by atoms with E-state index in [4.69, 9.17) is 0 Å². The van der Waals surface area contributed by atoms with E-state index in [2.05, 4.69) is 45.2 Å². The molecule has 0 bridgehead atoms. The largest absolute Gasteiger partial charge is 0.310 e. The molecule has 2 aliphatic rings. The third-order valence-electron chi connectivity index (χ3n) is 4.60. The molecule has 0 aliphatic carbocycles. The van der Waals surface area contributed by atoms with E-state index in [-0.39, 0.29) is 6.04 Å². The lowest BCUT2D eigenvalue weighted by molar-refractivity contribution is -0.112. The van der Waals surface area contributed by atoms with Gasteiger partial charge in [0.05, 0.1) is 6.04 Å². The van der Waals surface area contributed by atoms with Gasteiger partial charge in [0.15, 0.2) is 0 Å². The number of likely N-dealkylation sites (N-methyl/N-ethyl adjacent to an activating group) is 1. The second kappa shape index (κ2) is 5.96. The monoisotopic (exact) mass is 336 g/mol. The van der Waals surface area contributed by atoms with Crippen LogP contribution in [0.25, 0.3) is 0 Å². The van der Waals surface area contributed by atoms with Crippen molar-refractivity contribution >= 4 is 22.2 Å². The Hall–Kier alpha value is -0.710. The van der Waals surface area contributed by atoms with E-state index >= 15 is 0 Å². The quantitative estimate of drug-likeness (QED) is 0.861. The molecule has 1 aromatic carbocycles. The van der Waals surface area contributed by atoms with Crippen LogP contribution in [-0.2, 0) is 17.8 Å². The van der Waals surface area contributed by atoms with Gasteiger partial charge in [0, 0.05) is 17.1 Å². The molecule has 3 nitrogen and oxygen atoms in total. The van der Waals surface area contributed by atoms with Crippen LogP contribution < -0.4 is 5.32 Å². The number of halogens is 1. The van der Waals surface area contributed by atoms with Crippen LogP contribution in [0.15, 0.2) is 16.6 Å². The van der Waals surface area contributed by atoms with Crippen molar-refractivity contribution in [2.45, 2.75) is 44.8 Å². The van der Waals surface area contributed by atoms with E-state index in [0.717, 1.165) is 36.8 Å². The first kappa shape index (κ1) is 14.2. The number of hydrogen-bond donors (Lipinski definition) is 1. The molecule has 4 heteroatoms. The van der Waals surface area contributed by atoms with Gasteiger partial charge in [0.2, 0.25) is 0 Å². The van der Waals surface area contributed by atoms with Gasteiger partial charge in [-0.1, -0.05) is 22.9 Å². The van der Waals surface area contributed by atoms with E-state index in [0.29, 0.717) is 6.04 Å². The van der Waals surface area contributed by atoms with E-state index < -0.39 is 0 Å². The van der Waals surface area contributed by atoms with Crippen LogP contribution in [0, 0.1) is 0 Å². The number of carbonyl (C=O) groups is 1. The number of fused-ring (bicyclic) bond motifs is 1. The molecule has 0 radical (unpaired) electrons. The number of nitrogens with zero attached hydrogens (tertiary/aromatic N) is 1. The highest BCUT2D eigenvalue weighted by molar-refractivity contribution is 9.10. The van der Waals surface area contributed by atoms with Gasteiger partial charge in [-0.25, -0.2) is 0 Å². The summed E-state index contributed by atoms with van der Waals surface area (Å²) in [6.45, 7) is 5.07. The molecule has 20 heavy (non-hydrogen) atoms. The van der Waals surface area contributed by atoms with Crippen molar-refractivity contribution in [1.29, 1.82) is 0 Å². The van der Waals surface area contributed by atoms with Gasteiger partial charge in [-0.3, -0.25) is 4.90 Å². The van der Waals surface area contributed by atoms with Gasteiger partial charge in [0.25, 0.3) is 0 Å². The number of rotatable bonds is 3. The molecule has 2 atom stereocenters. The molecule has 1 saturated heterocycles. The third-order valence-corrected chi connectivity index (χ3v) is 5.06. The Morgan fingerprint density at radius 3 is 3.00 bits per heavy atom. The Labute approximate surface area is 128 Å². The number of hydrogen-bond acceptors (Lipinski definition) is 3. The molecule has 0 spiro atoms. The Balaban J connectivity index is 2.01. The minimum absolute atomic E-state index is 0.0335. The molecule has 0 aromatic heterocycles. The number of aldehydes is 1. The van der Waals surface area contributed by atoms with Gasteiger partial charge in [-0.15, -0.1) is 0 Å². The van der Waals surface area contributed by atoms with Gasteiger partial charge in [0.1, 0.15) is 6.29 Å². The summed E-state index contributed by atoms with van der Waals surface area (Å²) in [6.07, 6.45) is 4.40. The lowest BCUT2D eigenvalue weighted by atomic mass is 9.88. The lowest BCUT2D eigenvalue weighted by Crippen LogP contribution is -2.42. The normalized spacial score (nSPS) is 26.5. The van der Waals surface area contributed by atoms with Crippen LogP contribution in [0.2, 0.25) is 0 Å². The van der Waals surface area contributed by atoms with E-state index in [1.54, 1.807) is 0 Å². The molecule has 0 saturated carbocycles. The van der Waals surface area contributed by atoms with Crippen molar-refractivity contribution in [3.05, 3.63) is 33.3 Å². The minimum Gasteiger partial charge on any atom is -0.310 e. The fourth-order valence-electron chi connectivity index (χ4n) is 3.51. The van der Waals surface area contributed by atoms with Crippen molar-refractivity contribution in [3.8, 4) is 0 Å². The molecule has 1 aromatic rings. The molecular formula is C16H21BrN2O. The molecule has 1 fully saturated rings. The SMILES string of the molecule is CCN1Cc2c(cc(Br)cc2C2CCCN2)C[C@H]1C=O. The Morgan fingerprint density at radius 2 is 2.35 bits per heavy atom. The smallest absolute Gasteiger partial charge is 0.137 e. The summed E-state index contributed by atoms with van der Waals surface area (Å²) in [6, 6.07) is 4.97. The Bertz CT molecular complexity index is 511. The lowest BCUT2D eigenvalue weighted by Gasteiger charge is -2.35. The predicted octanol–water partition coefficient (Wildman–Crippen LogP) is 2.82. The minimum atomic E-state index is 0.0335. The highest BCUT2D eigenvalue weighted by Crippen LogP contribution is 2.35. The average molecular weight is 337 g/mol. The van der Waals surface area contributed by atoms with Crippen LogP contribution >= 0.6 is 15.9 Å². The maximum absolute atomic E-state index is 11.3. The van der Waals surface area contributed by atoms with Crippen molar-refractivity contribution < 1.29 is 4.79 Å². The number of carbonyl (C=O) groups excluding carboxylic acids is 1. The van der Waals surface area contributed by atoms with E-state index in [1.165, 1.54) is 29.5 Å². The van der Waals surface area contributed by atoms with Crippen molar-refractivity contribution in [1.82, 2.24) is 10.2 Å². The number of nitrogens with one attached hydrogen (secondary N) is 1. The van der Waals surface area contributed by atoms with E-state index in [1.807, 2.05) is 0 Å². The molecule has 0 amide bonds. The van der Waals surface area contributed by atoms with Gasteiger partial charge in [-0.05, 0) is 61.2 Å². The molecule has 1 N–H and O–H groups in total. The molecule has 2 heterocycles. The summed E-state index contributed by atoms with van der Waals surface area (Å²) in [5.41, 5.74) is 4.20. The van der Waals surface area contributed by atoms with E-state index in [9.17, 15) is 4.79 Å². The van der Waals surface area contributed by atoms with Crippen LogP contribution in [0.1, 0.15) is 42.5 Å². The Kier molecular flexibility index (Phi) is 4.24. The molecule has 2 aliphatic heterocycles.